The van der Waals surface area contributed by atoms with E-state index in [-0.39, 0.29) is 23.0 Å². The summed E-state index contributed by atoms with van der Waals surface area (Å²) in [4.78, 5) is 0. The molecule has 0 aliphatic heterocycles. The van der Waals surface area contributed by atoms with Crippen LogP contribution in [0.3, 0.4) is 0 Å². The SMILES string of the molecule is CC(C)Oc1ccccc1C(NN)C1C(C)(C)C1(C)C. The van der Waals surface area contributed by atoms with Crippen LogP contribution in [0.25, 0.3) is 0 Å². The van der Waals surface area contributed by atoms with E-state index in [0.717, 1.165) is 11.3 Å². The number of hydrazine groups is 1. The molecule has 20 heavy (non-hydrogen) atoms. The van der Waals surface area contributed by atoms with Gasteiger partial charge >= 0.3 is 0 Å². The zero-order valence-electron chi connectivity index (χ0n) is 13.5. The van der Waals surface area contributed by atoms with Crippen molar-refractivity contribution in [3.63, 3.8) is 0 Å². The predicted molar refractivity (Wildman–Crippen MR) is 83.3 cm³/mol. The summed E-state index contributed by atoms with van der Waals surface area (Å²) in [5.74, 6) is 7.31. The van der Waals surface area contributed by atoms with E-state index < -0.39 is 0 Å². The van der Waals surface area contributed by atoms with Crippen LogP contribution in [-0.2, 0) is 0 Å². The summed E-state index contributed by atoms with van der Waals surface area (Å²) < 4.78 is 5.95. The lowest BCUT2D eigenvalue weighted by atomic mass is 9.96. The van der Waals surface area contributed by atoms with Crippen LogP contribution in [0.2, 0.25) is 0 Å². The van der Waals surface area contributed by atoms with E-state index in [1.165, 1.54) is 0 Å². The Kier molecular flexibility index (Phi) is 3.87. The summed E-state index contributed by atoms with van der Waals surface area (Å²) in [6.07, 6.45) is 0.162. The van der Waals surface area contributed by atoms with Gasteiger partial charge in [0.15, 0.2) is 0 Å². The molecule has 1 saturated carbocycles. The van der Waals surface area contributed by atoms with Gasteiger partial charge in [0.25, 0.3) is 0 Å². The maximum Gasteiger partial charge on any atom is 0.124 e. The fourth-order valence-corrected chi connectivity index (χ4v) is 3.55. The van der Waals surface area contributed by atoms with Gasteiger partial charge in [-0.25, -0.2) is 0 Å². The number of hydrogen-bond donors (Lipinski definition) is 2. The lowest BCUT2D eigenvalue weighted by Crippen LogP contribution is -2.31. The van der Waals surface area contributed by atoms with E-state index in [2.05, 4.69) is 45.3 Å². The molecule has 3 N–H and O–H groups in total. The smallest absolute Gasteiger partial charge is 0.124 e. The van der Waals surface area contributed by atoms with E-state index in [0.29, 0.717) is 5.92 Å². The van der Waals surface area contributed by atoms with Crippen LogP contribution >= 0.6 is 0 Å². The summed E-state index contributed by atoms with van der Waals surface area (Å²) in [6, 6.07) is 8.33. The molecular weight excluding hydrogens is 248 g/mol. The Balaban J connectivity index is 2.35. The van der Waals surface area contributed by atoms with Crippen LogP contribution in [-0.4, -0.2) is 6.10 Å². The Labute approximate surface area is 122 Å². The van der Waals surface area contributed by atoms with Crippen molar-refractivity contribution in [2.75, 3.05) is 0 Å². The van der Waals surface area contributed by atoms with E-state index in [9.17, 15) is 0 Å². The monoisotopic (exact) mass is 276 g/mol. The molecule has 0 amide bonds. The summed E-state index contributed by atoms with van der Waals surface area (Å²) >= 11 is 0. The molecule has 112 valence electrons. The highest BCUT2D eigenvalue weighted by Gasteiger charge is 2.67. The normalized spacial score (nSPS) is 21.8. The van der Waals surface area contributed by atoms with Gasteiger partial charge in [0.05, 0.1) is 12.1 Å². The maximum absolute atomic E-state index is 5.95. The van der Waals surface area contributed by atoms with Gasteiger partial charge in [-0.1, -0.05) is 45.9 Å². The van der Waals surface area contributed by atoms with Crippen molar-refractivity contribution in [1.29, 1.82) is 0 Å². The molecule has 1 aliphatic carbocycles. The molecule has 0 heterocycles. The number of para-hydroxylation sites is 1. The highest BCUT2D eigenvalue weighted by molar-refractivity contribution is 5.39. The lowest BCUT2D eigenvalue weighted by Gasteiger charge is -2.23. The van der Waals surface area contributed by atoms with Gasteiger partial charge in [-0.3, -0.25) is 11.3 Å². The fraction of sp³-hybridized carbons (Fsp3) is 0.647. The first-order valence-electron chi connectivity index (χ1n) is 7.45. The Morgan fingerprint density at radius 3 is 2.10 bits per heavy atom. The second kappa shape index (κ2) is 5.05. The highest BCUT2D eigenvalue weighted by Crippen LogP contribution is 2.72. The molecule has 1 fully saturated rings. The van der Waals surface area contributed by atoms with Gasteiger partial charge in [0, 0.05) is 5.56 Å². The number of benzene rings is 1. The first-order chi connectivity index (χ1) is 9.23. The Morgan fingerprint density at radius 1 is 1.10 bits per heavy atom. The van der Waals surface area contributed by atoms with Gasteiger partial charge < -0.3 is 4.74 Å². The second-order valence-electron chi connectivity index (χ2n) is 7.27. The van der Waals surface area contributed by atoms with Crippen LogP contribution < -0.4 is 16.0 Å². The Bertz CT molecular complexity index is 466. The summed E-state index contributed by atoms with van der Waals surface area (Å²) in [6.45, 7) is 13.4. The molecule has 3 heteroatoms. The molecule has 0 radical (unpaired) electrons. The van der Waals surface area contributed by atoms with Crippen LogP contribution in [0.1, 0.15) is 53.1 Å². The van der Waals surface area contributed by atoms with Gasteiger partial charge in [-0.15, -0.1) is 0 Å². The third-order valence-corrected chi connectivity index (χ3v) is 5.26. The molecule has 1 aromatic carbocycles. The van der Waals surface area contributed by atoms with Gasteiger partial charge in [0.1, 0.15) is 5.75 Å². The highest BCUT2D eigenvalue weighted by atomic mass is 16.5. The van der Waals surface area contributed by atoms with E-state index >= 15 is 0 Å². The van der Waals surface area contributed by atoms with Crippen molar-refractivity contribution >= 4 is 0 Å². The van der Waals surface area contributed by atoms with Crippen molar-refractivity contribution < 1.29 is 4.74 Å². The summed E-state index contributed by atoms with van der Waals surface area (Å²) in [5.41, 5.74) is 4.73. The molecular formula is C17H28N2O. The zero-order valence-corrected chi connectivity index (χ0v) is 13.5. The third kappa shape index (κ3) is 2.33. The van der Waals surface area contributed by atoms with Crippen LogP contribution in [0, 0.1) is 16.7 Å². The predicted octanol–water partition coefficient (Wildman–Crippen LogP) is 3.66. The molecule has 0 bridgehead atoms. The quantitative estimate of drug-likeness (QED) is 0.637. The van der Waals surface area contributed by atoms with Crippen LogP contribution in [0.5, 0.6) is 5.75 Å². The average molecular weight is 276 g/mol. The molecule has 1 atom stereocenters. The van der Waals surface area contributed by atoms with Gasteiger partial charge in [0.2, 0.25) is 0 Å². The molecule has 0 aromatic heterocycles. The minimum absolute atomic E-state index is 0.120. The first kappa shape index (κ1) is 15.3. The van der Waals surface area contributed by atoms with Crippen LogP contribution in [0.15, 0.2) is 24.3 Å². The topological polar surface area (TPSA) is 47.3 Å². The lowest BCUT2D eigenvalue weighted by molar-refractivity contribution is 0.235. The summed E-state index contributed by atoms with van der Waals surface area (Å²) in [7, 11) is 0. The summed E-state index contributed by atoms with van der Waals surface area (Å²) in [5, 5.41) is 0. The number of rotatable bonds is 5. The number of hydrogen-bond acceptors (Lipinski definition) is 3. The van der Waals surface area contributed by atoms with Crippen LogP contribution in [0.4, 0.5) is 0 Å². The fourth-order valence-electron chi connectivity index (χ4n) is 3.55. The minimum Gasteiger partial charge on any atom is -0.491 e. The standard InChI is InChI=1S/C17H28N2O/c1-11(2)20-13-10-8-7-9-12(13)14(19-18)15-16(3,4)17(15,5)6/h7-11,14-15,19H,18H2,1-6H3. The molecule has 0 saturated heterocycles. The minimum atomic E-state index is 0.120. The van der Waals surface area contributed by atoms with E-state index in [4.69, 9.17) is 10.6 Å². The molecule has 1 aliphatic rings. The van der Waals surface area contributed by atoms with Crippen molar-refractivity contribution in [3.8, 4) is 5.75 Å². The first-order valence-corrected chi connectivity index (χ1v) is 7.45. The molecule has 1 aromatic rings. The third-order valence-electron chi connectivity index (χ3n) is 5.26. The second-order valence-corrected chi connectivity index (χ2v) is 7.27. The van der Waals surface area contributed by atoms with Crippen molar-refractivity contribution in [2.45, 2.75) is 53.7 Å². The maximum atomic E-state index is 5.95. The zero-order chi connectivity index (χ0) is 15.1. The molecule has 0 spiro atoms. The Morgan fingerprint density at radius 2 is 1.65 bits per heavy atom. The number of nitrogens with two attached hydrogens (primary N) is 1. The largest absolute Gasteiger partial charge is 0.491 e. The molecule has 2 rings (SSSR count). The molecule has 1 unspecified atom stereocenters. The van der Waals surface area contributed by atoms with Crippen molar-refractivity contribution in [3.05, 3.63) is 29.8 Å². The molecule has 3 nitrogen and oxygen atoms in total. The van der Waals surface area contributed by atoms with Gasteiger partial charge in [-0.2, -0.15) is 0 Å². The van der Waals surface area contributed by atoms with E-state index in [1.807, 2.05) is 26.0 Å². The number of ether oxygens (including phenoxy) is 1. The van der Waals surface area contributed by atoms with Crippen molar-refractivity contribution in [2.24, 2.45) is 22.6 Å². The Hall–Kier alpha value is -1.06. The van der Waals surface area contributed by atoms with Crippen molar-refractivity contribution in [1.82, 2.24) is 5.43 Å². The van der Waals surface area contributed by atoms with E-state index in [1.54, 1.807) is 0 Å². The van der Waals surface area contributed by atoms with Gasteiger partial charge in [-0.05, 0) is 36.7 Å². The number of nitrogens with one attached hydrogen (secondary N) is 1. The average Bonchev–Trinajstić information content (AvgIpc) is 2.74.